The van der Waals surface area contributed by atoms with Crippen molar-refractivity contribution in [3.63, 3.8) is 0 Å². The normalized spacial score (nSPS) is 13.1. The lowest BCUT2D eigenvalue weighted by molar-refractivity contribution is -0.179. The third-order valence-corrected chi connectivity index (χ3v) is 5.68. The Kier molecular flexibility index (Phi) is 8.53. The Bertz CT molecular complexity index is 1350. The first kappa shape index (κ1) is 29.8. The van der Waals surface area contributed by atoms with Crippen LogP contribution >= 0.6 is 11.6 Å². The molecule has 2 N–H and O–H groups in total. The van der Waals surface area contributed by atoms with Gasteiger partial charge >= 0.3 is 18.5 Å². The Morgan fingerprint density at radius 1 is 0.718 bits per heavy atom. The SMILES string of the molecule is O=C(Nc1ccc(C(F)(F)F)cc1)c1cc(NC(=O)C(Cc2cccc(C(F)(F)F)c2)C(F)(F)F)ccc1Cl. The molecule has 4 nitrogen and oxygen atoms in total. The van der Waals surface area contributed by atoms with Crippen molar-refractivity contribution in [2.45, 2.75) is 24.9 Å². The van der Waals surface area contributed by atoms with E-state index in [1.54, 1.807) is 0 Å². The molecule has 3 aromatic rings. The number of benzene rings is 3. The number of carbonyl (C=O) groups is 2. The van der Waals surface area contributed by atoms with Gasteiger partial charge in [0.1, 0.15) is 5.92 Å². The summed E-state index contributed by atoms with van der Waals surface area (Å²) in [7, 11) is 0. The van der Waals surface area contributed by atoms with E-state index in [1.807, 2.05) is 5.32 Å². The van der Waals surface area contributed by atoms with Crippen LogP contribution in [0.2, 0.25) is 5.02 Å². The summed E-state index contributed by atoms with van der Waals surface area (Å²) in [5.41, 5.74) is -3.18. The molecular formula is C25H16ClF9N2O2. The standard InChI is InChI=1S/C25H16ClF9N2O2/c26-20-9-8-17(12-18(20)21(38)36-16-6-4-14(5-7-16)23(27,28)29)37-22(39)19(25(33,34)35)11-13-2-1-3-15(10-13)24(30,31)32/h1-10,12,19H,11H2,(H,36,38)(H,37,39). The summed E-state index contributed by atoms with van der Waals surface area (Å²) >= 11 is 5.98. The summed E-state index contributed by atoms with van der Waals surface area (Å²) in [5, 5.41) is 4.07. The van der Waals surface area contributed by atoms with Crippen molar-refractivity contribution in [1.29, 1.82) is 0 Å². The Labute approximate surface area is 219 Å². The van der Waals surface area contributed by atoms with Crippen molar-refractivity contribution in [2.75, 3.05) is 10.6 Å². The van der Waals surface area contributed by atoms with Crippen molar-refractivity contribution in [3.8, 4) is 0 Å². The third kappa shape index (κ3) is 7.88. The van der Waals surface area contributed by atoms with Gasteiger partial charge in [-0.15, -0.1) is 0 Å². The van der Waals surface area contributed by atoms with Gasteiger partial charge in [0.05, 0.1) is 21.7 Å². The first-order valence-corrected chi connectivity index (χ1v) is 11.1. The fourth-order valence-electron chi connectivity index (χ4n) is 3.41. The molecule has 0 spiro atoms. The molecule has 0 saturated carbocycles. The van der Waals surface area contributed by atoms with E-state index in [0.717, 1.165) is 54.6 Å². The van der Waals surface area contributed by atoms with Crippen molar-refractivity contribution < 1.29 is 49.1 Å². The molecule has 0 heterocycles. The van der Waals surface area contributed by atoms with Gasteiger partial charge in [0.15, 0.2) is 0 Å². The molecular weight excluding hydrogens is 567 g/mol. The maximum atomic E-state index is 13.7. The quantitative estimate of drug-likeness (QED) is 0.290. The summed E-state index contributed by atoms with van der Waals surface area (Å²) < 4.78 is 118. The van der Waals surface area contributed by atoms with Crippen LogP contribution in [0.3, 0.4) is 0 Å². The van der Waals surface area contributed by atoms with Crippen LogP contribution in [0.25, 0.3) is 0 Å². The van der Waals surface area contributed by atoms with Gasteiger partial charge in [-0.1, -0.05) is 29.8 Å². The van der Waals surface area contributed by atoms with Crippen LogP contribution in [0.5, 0.6) is 0 Å². The first-order valence-electron chi connectivity index (χ1n) is 10.8. The second-order valence-electron chi connectivity index (χ2n) is 8.21. The van der Waals surface area contributed by atoms with Crippen LogP contribution in [0.4, 0.5) is 50.9 Å². The maximum absolute atomic E-state index is 13.7. The third-order valence-electron chi connectivity index (χ3n) is 5.35. The molecule has 0 aromatic heterocycles. The predicted octanol–water partition coefficient (Wildman–Crippen LogP) is 7.99. The molecule has 0 fully saturated rings. The number of halogens is 10. The lowest BCUT2D eigenvalue weighted by Crippen LogP contribution is -2.36. The molecule has 1 unspecified atom stereocenters. The topological polar surface area (TPSA) is 58.2 Å². The fraction of sp³-hybridized carbons (Fsp3) is 0.200. The average molecular weight is 583 g/mol. The zero-order valence-electron chi connectivity index (χ0n) is 19.2. The van der Waals surface area contributed by atoms with Crippen molar-refractivity contribution in [2.24, 2.45) is 5.92 Å². The zero-order chi connectivity index (χ0) is 29.2. The molecule has 0 saturated heterocycles. The van der Waals surface area contributed by atoms with Crippen molar-refractivity contribution in [3.05, 3.63) is 94.0 Å². The van der Waals surface area contributed by atoms with E-state index < -0.39 is 53.8 Å². The number of hydrogen-bond donors (Lipinski definition) is 2. The van der Waals surface area contributed by atoms with Crippen molar-refractivity contribution in [1.82, 2.24) is 0 Å². The van der Waals surface area contributed by atoms with Gasteiger partial charge in [-0.2, -0.15) is 39.5 Å². The molecule has 0 aliphatic heterocycles. The lowest BCUT2D eigenvalue weighted by Gasteiger charge is -2.20. The number of amides is 2. The van der Waals surface area contributed by atoms with Gasteiger partial charge in [-0.25, -0.2) is 0 Å². The predicted molar refractivity (Wildman–Crippen MR) is 124 cm³/mol. The molecule has 3 aromatic carbocycles. The van der Waals surface area contributed by atoms with Crippen LogP contribution in [-0.2, 0) is 23.6 Å². The molecule has 14 heteroatoms. The number of carbonyl (C=O) groups excluding carboxylic acids is 2. The summed E-state index contributed by atoms with van der Waals surface area (Å²) in [6.45, 7) is 0. The molecule has 1 atom stereocenters. The molecule has 3 rings (SSSR count). The van der Waals surface area contributed by atoms with Crippen LogP contribution in [0.1, 0.15) is 27.0 Å². The van der Waals surface area contributed by atoms with E-state index >= 15 is 0 Å². The Hall–Kier alpha value is -3.74. The van der Waals surface area contributed by atoms with Gasteiger partial charge in [0.2, 0.25) is 5.91 Å². The van der Waals surface area contributed by atoms with Gasteiger partial charge in [0, 0.05) is 11.4 Å². The number of nitrogens with one attached hydrogen (secondary N) is 2. The van der Waals surface area contributed by atoms with E-state index in [2.05, 4.69) is 5.32 Å². The maximum Gasteiger partial charge on any atom is 0.416 e. The number of anilines is 2. The summed E-state index contributed by atoms with van der Waals surface area (Å²) in [6, 6.07) is 9.64. The molecule has 2 amide bonds. The molecule has 0 aliphatic carbocycles. The molecule has 0 radical (unpaired) electrons. The summed E-state index contributed by atoms with van der Waals surface area (Å²) in [5.74, 6) is -5.27. The summed E-state index contributed by atoms with van der Waals surface area (Å²) in [6.07, 6.45) is -15.6. The minimum atomic E-state index is -5.13. The highest BCUT2D eigenvalue weighted by molar-refractivity contribution is 6.34. The van der Waals surface area contributed by atoms with E-state index in [0.29, 0.717) is 12.1 Å². The van der Waals surface area contributed by atoms with Gasteiger partial charge in [0.25, 0.3) is 5.91 Å². The van der Waals surface area contributed by atoms with Crippen molar-refractivity contribution >= 4 is 34.8 Å². The van der Waals surface area contributed by atoms with Crippen LogP contribution < -0.4 is 10.6 Å². The largest absolute Gasteiger partial charge is 0.416 e. The van der Waals surface area contributed by atoms with Crippen LogP contribution in [0, 0.1) is 5.92 Å². The molecule has 208 valence electrons. The van der Waals surface area contributed by atoms with Gasteiger partial charge in [-0.3, -0.25) is 9.59 Å². The Balaban J connectivity index is 1.79. The monoisotopic (exact) mass is 582 g/mol. The Morgan fingerprint density at radius 3 is 1.87 bits per heavy atom. The highest BCUT2D eigenvalue weighted by Crippen LogP contribution is 2.34. The molecule has 0 bridgehead atoms. The molecule has 0 aliphatic rings. The van der Waals surface area contributed by atoms with E-state index in [1.165, 1.54) is 0 Å². The van der Waals surface area contributed by atoms with Gasteiger partial charge in [-0.05, 0) is 60.5 Å². The minimum Gasteiger partial charge on any atom is -0.326 e. The average Bonchev–Trinajstić information content (AvgIpc) is 2.82. The first-order chi connectivity index (χ1) is 17.9. The second kappa shape index (κ2) is 11.2. The highest BCUT2D eigenvalue weighted by atomic mass is 35.5. The summed E-state index contributed by atoms with van der Waals surface area (Å²) in [4.78, 5) is 25.1. The van der Waals surface area contributed by atoms with Gasteiger partial charge < -0.3 is 10.6 Å². The lowest BCUT2D eigenvalue weighted by atomic mass is 9.96. The second-order valence-corrected chi connectivity index (χ2v) is 8.62. The number of alkyl halides is 9. The van der Waals surface area contributed by atoms with E-state index in [4.69, 9.17) is 11.6 Å². The number of rotatable bonds is 6. The number of hydrogen-bond acceptors (Lipinski definition) is 2. The minimum absolute atomic E-state index is 0.0447. The smallest absolute Gasteiger partial charge is 0.326 e. The fourth-order valence-corrected chi connectivity index (χ4v) is 3.62. The van der Waals surface area contributed by atoms with Crippen LogP contribution in [0.15, 0.2) is 66.7 Å². The van der Waals surface area contributed by atoms with E-state index in [-0.39, 0.29) is 27.5 Å². The Morgan fingerprint density at radius 2 is 1.31 bits per heavy atom. The van der Waals surface area contributed by atoms with Crippen LogP contribution in [-0.4, -0.2) is 18.0 Å². The highest BCUT2D eigenvalue weighted by Gasteiger charge is 2.45. The zero-order valence-corrected chi connectivity index (χ0v) is 20.0. The van der Waals surface area contributed by atoms with E-state index in [9.17, 15) is 49.1 Å². The molecule has 39 heavy (non-hydrogen) atoms.